The standard InChI is InChI=1S/C11H19N3O2S/c1-4-9(2)8-14(3)17(15,16)10-5-6-11(12)13-7-10/h5-7,9H,4,8H2,1-3H3,(H2,12,13). The van der Waals surface area contributed by atoms with Crippen molar-refractivity contribution in [2.75, 3.05) is 19.3 Å². The van der Waals surface area contributed by atoms with E-state index >= 15 is 0 Å². The molecule has 0 amide bonds. The fourth-order valence-corrected chi connectivity index (χ4v) is 2.63. The second kappa shape index (κ2) is 5.46. The summed E-state index contributed by atoms with van der Waals surface area (Å²) in [5, 5.41) is 0. The minimum atomic E-state index is -3.45. The summed E-state index contributed by atoms with van der Waals surface area (Å²) in [4.78, 5) is 3.98. The minimum Gasteiger partial charge on any atom is -0.384 e. The van der Waals surface area contributed by atoms with Crippen molar-refractivity contribution in [1.29, 1.82) is 0 Å². The maximum Gasteiger partial charge on any atom is 0.244 e. The normalized spacial score (nSPS) is 13.9. The van der Waals surface area contributed by atoms with E-state index in [0.717, 1.165) is 6.42 Å². The molecule has 0 saturated heterocycles. The van der Waals surface area contributed by atoms with Crippen molar-refractivity contribution in [3.05, 3.63) is 18.3 Å². The summed E-state index contributed by atoms with van der Waals surface area (Å²) in [6, 6.07) is 2.97. The van der Waals surface area contributed by atoms with Crippen LogP contribution in [-0.4, -0.2) is 31.3 Å². The molecule has 0 aliphatic heterocycles. The molecule has 1 atom stereocenters. The Hall–Kier alpha value is -1.14. The second-order valence-electron chi connectivity index (χ2n) is 4.22. The van der Waals surface area contributed by atoms with Crippen molar-refractivity contribution in [3.63, 3.8) is 0 Å². The number of nitrogens with zero attached hydrogens (tertiary/aromatic N) is 2. The van der Waals surface area contributed by atoms with Crippen LogP contribution < -0.4 is 5.73 Å². The monoisotopic (exact) mass is 257 g/mol. The Balaban J connectivity index is 2.91. The molecule has 1 unspecified atom stereocenters. The van der Waals surface area contributed by atoms with Gasteiger partial charge in [-0.25, -0.2) is 17.7 Å². The number of sulfonamides is 1. The zero-order valence-electron chi connectivity index (χ0n) is 10.4. The van der Waals surface area contributed by atoms with Gasteiger partial charge in [-0.15, -0.1) is 0 Å². The van der Waals surface area contributed by atoms with Crippen molar-refractivity contribution in [2.45, 2.75) is 25.2 Å². The van der Waals surface area contributed by atoms with E-state index in [1.807, 2.05) is 13.8 Å². The van der Waals surface area contributed by atoms with Gasteiger partial charge in [-0.05, 0) is 18.1 Å². The molecule has 0 spiro atoms. The first-order chi connectivity index (χ1) is 7.87. The van der Waals surface area contributed by atoms with Crippen LogP contribution in [0.1, 0.15) is 20.3 Å². The van der Waals surface area contributed by atoms with Gasteiger partial charge in [0.15, 0.2) is 0 Å². The first-order valence-corrected chi connectivity index (χ1v) is 6.99. The Kier molecular flexibility index (Phi) is 4.47. The lowest BCUT2D eigenvalue weighted by molar-refractivity contribution is 0.393. The highest BCUT2D eigenvalue weighted by Crippen LogP contribution is 2.16. The smallest absolute Gasteiger partial charge is 0.244 e. The molecule has 96 valence electrons. The van der Waals surface area contributed by atoms with Crippen LogP contribution in [0.15, 0.2) is 23.2 Å². The Bertz CT molecular complexity index is 456. The van der Waals surface area contributed by atoms with Crippen molar-refractivity contribution in [1.82, 2.24) is 9.29 Å². The van der Waals surface area contributed by atoms with Crippen molar-refractivity contribution < 1.29 is 8.42 Å². The summed E-state index contributed by atoms with van der Waals surface area (Å²) >= 11 is 0. The highest BCUT2D eigenvalue weighted by atomic mass is 32.2. The number of rotatable bonds is 5. The summed E-state index contributed by atoms with van der Waals surface area (Å²) in [6.45, 7) is 4.56. The number of aromatic nitrogens is 1. The van der Waals surface area contributed by atoms with Crippen molar-refractivity contribution in [2.24, 2.45) is 5.92 Å². The Labute approximate surface area is 103 Å². The molecule has 0 bridgehead atoms. The number of nitrogen functional groups attached to an aromatic ring is 1. The van der Waals surface area contributed by atoms with E-state index in [1.165, 1.54) is 22.6 Å². The molecule has 6 heteroatoms. The largest absolute Gasteiger partial charge is 0.384 e. The van der Waals surface area contributed by atoms with Crippen LogP contribution in [0.2, 0.25) is 0 Å². The lowest BCUT2D eigenvalue weighted by Gasteiger charge is -2.20. The topological polar surface area (TPSA) is 76.3 Å². The van der Waals surface area contributed by atoms with Gasteiger partial charge in [0.1, 0.15) is 10.7 Å². The van der Waals surface area contributed by atoms with Gasteiger partial charge in [0.25, 0.3) is 0 Å². The van der Waals surface area contributed by atoms with Gasteiger partial charge >= 0.3 is 0 Å². The van der Waals surface area contributed by atoms with Gasteiger partial charge in [-0.3, -0.25) is 0 Å². The molecule has 0 fully saturated rings. The van der Waals surface area contributed by atoms with E-state index in [2.05, 4.69) is 4.98 Å². The van der Waals surface area contributed by atoms with E-state index in [-0.39, 0.29) is 4.90 Å². The molecule has 2 N–H and O–H groups in total. The Morgan fingerprint density at radius 1 is 1.47 bits per heavy atom. The van der Waals surface area contributed by atoms with E-state index in [0.29, 0.717) is 18.3 Å². The number of nitrogens with two attached hydrogens (primary N) is 1. The summed E-state index contributed by atoms with van der Waals surface area (Å²) in [7, 11) is -1.86. The Morgan fingerprint density at radius 2 is 2.12 bits per heavy atom. The third-order valence-corrected chi connectivity index (χ3v) is 4.54. The van der Waals surface area contributed by atoms with E-state index in [4.69, 9.17) is 5.73 Å². The summed E-state index contributed by atoms with van der Waals surface area (Å²) in [6.07, 6.45) is 2.23. The SMILES string of the molecule is CCC(C)CN(C)S(=O)(=O)c1ccc(N)nc1. The van der Waals surface area contributed by atoms with E-state index < -0.39 is 10.0 Å². The lowest BCUT2D eigenvalue weighted by Crippen LogP contribution is -2.31. The molecule has 17 heavy (non-hydrogen) atoms. The lowest BCUT2D eigenvalue weighted by atomic mass is 10.1. The van der Waals surface area contributed by atoms with Crippen molar-refractivity contribution >= 4 is 15.8 Å². The maximum atomic E-state index is 12.1. The van der Waals surface area contributed by atoms with Crippen LogP contribution in [0.4, 0.5) is 5.82 Å². The first kappa shape index (κ1) is 13.9. The van der Waals surface area contributed by atoms with Crippen molar-refractivity contribution in [3.8, 4) is 0 Å². The molecule has 1 aromatic heterocycles. The van der Waals surface area contributed by atoms with Crippen LogP contribution >= 0.6 is 0 Å². The average molecular weight is 257 g/mol. The van der Waals surface area contributed by atoms with Gasteiger partial charge in [-0.2, -0.15) is 0 Å². The van der Waals surface area contributed by atoms with E-state index in [1.54, 1.807) is 7.05 Å². The number of hydrogen-bond donors (Lipinski definition) is 1. The third kappa shape index (κ3) is 3.41. The molecule has 1 rings (SSSR count). The van der Waals surface area contributed by atoms with Crippen LogP contribution in [0.3, 0.4) is 0 Å². The summed E-state index contributed by atoms with van der Waals surface area (Å²) in [5.74, 6) is 0.644. The number of anilines is 1. The molecular weight excluding hydrogens is 238 g/mol. The van der Waals surface area contributed by atoms with Crippen LogP contribution in [0.25, 0.3) is 0 Å². The zero-order valence-corrected chi connectivity index (χ0v) is 11.2. The molecular formula is C11H19N3O2S. The average Bonchev–Trinajstić information content (AvgIpc) is 2.29. The molecule has 0 saturated carbocycles. The van der Waals surface area contributed by atoms with Crippen LogP contribution in [-0.2, 0) is 10.0 Å². The molecule has 0 aromatic carbocycles. The molecule has 0 radical (unpaired) electrons. The molecule has 1 heterocycles. The van der Waals surface area contributed by atoms with Crippen LogP contribution in [0, 0.1) is 5.92 Å². The number of hydrogen-bond acceptors (Lipinski definition) is 4. The van der Waals surface area contributed by atoms with Gasteiger partial charge in [0.05, 0.1) is 0 Å². The predicted molar refractivity (Wildman–Crippen MR) is 67.9 cm³/mol. The van der Waals surface area contributed by atoms with E-state index in [9.17, 15) is 8.42 Å². The quantitative estimate of drug-likeness (QED) is 0.863. The van der Waals surface area contributed by atoms with Crippen LogP contribution in [0.5, 0.6) is 0 Å². The highest BCUT2D eigenvalue weighted by Gasteiger charge is 2.22. The third-order valence-electron chi connectivity index (χ3n) is 2.73. The second-order valence-corrected chi connectivity index (χ2v) is 6.26. The van der Waals surface area contributed by atoms with Gasteiger partial charge in [0.2, 0.25) is 10.0 Å². The molecule has 5 nitrogen and oxygen atoms in total. The number of pyridine rings is 1. The summed E-state index contributed by atoms with van der Waals surface area (Å²) in [5.41, 5.74) is 5.43. The van der Waals surface area contributed by atoms with Gasteiger partial charge in [0, 0.05) is 19.8 Å². The molecule has 0 aliphatic carbocycles. The summed E-state index contributed by atoms with van der Waals surface area (Å²) < 4.78 is 25.6. The highest BCUT2D eigenvalue weighted by molar-refractivity contribution is 7.89. The Morgan fingerprint density at radius 3 is 2.59 bits per heavy atom. The fourth-order valence-electron chi connectivity index (χ4n) is 1.39. The van der Waals surface area contributed by atoms with Gasteiger partial charge in [-0.1, -0.05) is 20.3 Å². The maximum absolute atomic E-state index is 12.1. The zero-order chi connectivity index (χ0) is 13.1. The predicted octanol–water partition coefficient (Wildman–Crippen LogP) is 1.33. The first-order valence-electron chi connectivity index (χ1n) is 5.55. The molecule has 0 aliphatic rings. The minimum absolute atomic E-state index is 0.178. The fraction of sp³-hybridized carbons (Fsp3) is 0.545. The molecule has 1 aromatic rings. The van der Waals surface area contributed by atoms with Gasteiger partial charge < -0.3 is 5.73 Å².